The molecule has 3 heterocycles. The van der Waals surface area contributed by atoms with Crippen LogP contribution in [0.1, 0.15) is 32.9 Å². The Hall–Kier alpha value is -3.79. The van der Waals surface area contributed by atoms with E-state index in [1.165, 1.54) is 15.9 Å². The Kier molecular flexibility index (Phi) is 5.63. The lowest BCUT2D eigenvalue weighted by Crippen LogP contribution is -2.16. The third-order valence-electron chi connectivity index (χ3n) is 4.45. The van der Waals surface area contributed by atoms with Crippen molar-refractivity contribution < 1.29 is 19.1 Å². The van der Waals surface area contributed by atoms with Gasteiger partial charge in [-0.15, -0.1) is 16.4 Å². The first-order valence-electron chi connectivity index (χ1n) is 9.45. The molecule has 0 aliphatic heterocycles. The highest BCUT2D eigenvalue weighted by Crippen LogP contribution is 2.36. The number of ether oxygens (including phenoxy) is 2. The van der Waals surface area contributed by atoms with Crippen LogP contribution in [0.25, 0.3) is 16.2 Å². The van der Waals surface area contributed by atoms with Crippen LogP contribution in [0.5, 0.6) is 5.75 Å². The summed E-state index contributed by atoms with van der Waals surface area (Å²) < 4.78 is 11.8. The van der Waals surface area contributed by atoms with E-state index in [-0.39, 0.29) is 12.4 Å². The highest BCUT2D eigenvalue weighted by Gasteiger charge is 2.22. The van der Waals surface area contributed by atoms with E-state index in [4.69, 9.17) is 9.47 Å². The summed E-state index contributed by atoms with van der Waals surface area (Å²) in [6.07, 6.45) is 1.60. The number of aromatic nitrogens is 4. The molecule has 158 valence electrons. The smallest absolute Gasteiger partial charge is 0.350 e. The maximum atomic E-state index is 12.8. The van der Waals surface area contributed by atoms with Gasteiger partial charge in [0.2, 0.25) is 5.82 Å². The number of benzene rings is 1. The van der Waals surface area contributed by atoms with Crippen LogP contribution in [0.4, 0.5) is 5.69 Å². The molecule has 0 fully saturated rings. The number of hydrogen-bond donors (Lipinski definition) is 1. The van der Waals surface area contributed by atoms with Crippen molar-refractivity contribution in [2.45, 2.75) is 13.8 Å². The van der Waals surface area contributed by atoms with Gasteiger partial charge in [-0.25, -0.2) is 14.3 Å². The maximum absolute atomic E-state index is 12.8. The molecule has 0 saturated carbocycles. The lowest BCUT2D eigenvalue weighted by Gasteiger charge is -2.04. The monoisotopic (exact) mass is 437 g/mol. The van der Waals surface area contributed by atoms with Gasteiger partial charge >= 0.3 is 5.97 Å². The molecule has 0 radical (unpaired) electrons. The average Bonchev–Trinajstić information content (AvgIpc) is 3.39. The van der Waals surface area contributed by atoms with Gasteiger partial charge < -0.3 is 14.8 Å². The number of anilines is 1. The van der Waals surface area contributed by atoms with E-state index in [0.717, 1.165) is 21.9 Å². The standard InChI is InChI=1S/C21H19N5O4S/c1-4-30-20(28)17-15(11-16(31-17)13-5-7-14(29-3)8-6-13)23-19(27)18-24-21-22-10-9-12(2)26(21)25-18/h5-11H,4H2,1-3H3,(H,23,27). The minimum Gasteiger partial charge on any atom is -0.497 e. The molecule has 4 rings (SSSR count). The molecular weight excluding hydrogens is 418 g/mol. The second-order valence-electron chi connectivity index (χ2n) is 6.49. The van der Waals surface area contributed by atoms with Gasteiger partial charge in [-0.05, 0) is 55.8 Å². The van der Waals surface area contributed by atoms with Gasteiger partial charge in [-0.2, -0.15) is 4.98 Å². The van der Waals surface area contributed by atoms with E-state index >= 15 is 0 Å². The van der Waals surface area contributed by atoms with Crippen LogP contribution in [0.15, 0.2) is 42.6 Å². The van der Waals surface area contributed by atoms with Crippen molar-refractivity contribution in [3.63, 3.8) is 0 Å². The second-order valence-corrected chi connectivity index (χ2v) is 7.54. The van der Waals surface area contributed by atoms with Gasteiger partial charge in [0.05, 0.1) is 19.4 Å². The molecule has 31 heavy (non-hydrogen) atoms. The normalized spacial score (nSPS) is 10.8. The summed E-state index contributed by atoms with van der Waals surface area (Å²) in [7, 11) is 1.59. The number of carbonyl (C=O) groups excluding carboxylic acids is 2. The van der Waals surface area contributed by atoms with E-state index in [0.29, 0.717) is 16.3 Å². The summed E-state index contributed by atoms with van der Waals surface area (Å²) >= 11 is 1.23. The van der Waals surface area contributed by atoms with Crippen molar-refractivity contribution in [1.29, 1.82) is 0 Å². The van der Waals surface area contributed by atoms with E-state index in [1.54, 1.807) is 32.4 Å². The average molecular weight is 437 g/mol. The number of rotatable bonds is 6. The molecule has 0 unspecified atom stereocenters. The van der Waals surface area contributed by atoms with Crippen LogP contribution in [-0.2, 0) is 4.74 Å². The third kappa shape index (κ3) is 4.10. The topological polar surface area (TPSA) is 108 Å². The number of hydrogen-bond acceptors (Lipinski definition) is 8. The number of thiophene rings is 1. The summed E-state index contributed by atoms with van der Waals surface area (Å²) in [5.74, 6) is -0.0624. The van der Waals surface area contributed by atoms with Crippen LogP contribution in [0.2, 0.25) is 0 Å². The van der Waals surface area contributed by atoms with E-state index in [2.05, 4.69) is 20.4 Å². The van der Waals surface area contributed by atoms with Crippen LogP contribution in [0, 0.1) is 6.92 Å². The van der Waals surface area contributed by atoms with E-state index in [1.807, 2.05) is 31.2 Å². The number of methoxy groups -OCH3 is 1. The highest BCUT2D eigenvalue weighted by atomic mass is 32.1. The van der Waals surface area contributed by atoms with Gasteiger partial charge in [-0.3, -0.25) is 4.79 Å². The van der Waals surface area contributed by atoms with E-state index in [9.17, 15) is 9.59 Å². The number of nitrogens with zero attached hydrogens (tertiary/aromatic N) is 4. The molecule has 4 aromatic rings. The quantitative estimate of drug-likeness (QED) is 0.459. The molecule has 0 saturated heterocycles. The summed E-state index contributed by atoms with van der Waals surface area (Å²) in [5, 5.41) is 6.95. The van der Waals surface area contributed by atoms with Crippen molar-refractivity contribution in [3.8, 4) is 16.2 Å². The summed E-state index contributed by atoms with van der Waals surface area (Å²) in [4.78, 5) is 34.7. The number of aryl methyl sites for hydroxylation is 1. The molecule has 9 nitrogen and oxygen atoms in total. The van der Waals surface area contributed by atoms with Gasteiger partial charge in [-0.1, -0.05) is 0 Å². The molecule has 0 bridgehead atoms. The Bertz CT molecular complexity index is 1260. The van der Waals surface area contributed by atoms with Gasteiger partial charge in [0.25, 0.3) is 11.7 Å². The molecule has 1 aromatic carbocycles. The minimum atomic E-state index is -0.547. The third-order valence-corrected chi connectivity index (χ3v) is 5.61. The zero-order chi connectivity index (χ0) is 22.0. The van der Waals surface area contributed by atoms with Crippen molar-refractivity contribution in [1.82, 2.24) is 19.6 Å². The molecule has 10 heteroatoms. The molecule has 0 spiro atoms. The maximum Gasteiger partial charge on any atom is 0.350 e. The van der Waals surface area contributed by atoms with Crippen LogP contribution < -0.4 is 10.1 Å². The zero-order valence-corrected chi connectivity index (χ0v) is 17.9. The first kappa shape index (κ1) is 20.5. The summed E-state index contributed by atoms with van der Waals surface area (Å²) in [6.45, 7) is 3.79. The zero-order valence-electron chi connectivity index (χ0n) is 17.1. The first-order chi connectivity index (χ1) is 15.0. The molecule has 3 aromatic heterocycles. The molecule has 1 N–H and O–H groups in total. The summed E-state index contributed by atoms with van der Waals surface area (Å²) in [5.41, 5.74) is 2.01. The van der Waals surface area contributed by atoms with Crippen molar-refractivity contribution in [2.75, 3.05) is 19.0 Å². The Morgan fingerprint density at radius 3 is 2.65 bits per heavy atom. The molecular formula is C21H19N5O4S. The lowest BCUT2D eigenvalue weighted by molar-refractivity contribution is 0.0533. The Balaban J connectivity index is 1.67. The predicted molar refractivity (Wildman–Crippen MR) is 116 cm³/mol. The molecule has 0 aliphatic rings. The van der Waals surface area contributed by atoms with Crippen LogP contribution in [0.3, 0.4) is 0 Å². The van der Waals surface area contributed by atoms with Crippen LogP contribution in [-0.4, -0.2) is 45.2 Å². The summed E-state index contributed by atoms with van der Waals surface area (Å²) in [6, 6.07) is 10.9. The SMILES string of the molecule is CCOC(=O)c1sc(-c2ccc(OC)cc2)cc1NC(=O)c1nc2nccc(C)n2n1. The predicted octanol–water partition coefficient (Wildman–Crippen LogP) is 3.60. The lowest BCUT2D eigenvalue weighted by atomic mass is 10.2. The van der Waals surface area contributed by atoms with Gasteiger partial charge in [0.15, 0.2) is 0 Å². The first-order valence-corrected chi connectivity index (χ1v) is 10.3. The Labute approximate surface area is 181 Å². The van der Waals surface area contributed by atoms with Gasteiger partial charge in [0, 0.05) is 16.8 Å². The largest absolute Gasteiger partial charge is 0.497 e. The fraction of sp³-hybridized carbons (Fsp3) is 0.190. The number of nitrogens with one attached hydrogen (secondary N) is 1. The van der Waals surface area contributed by atoms with Crippen molar-refractivity contribution in [2.24, 2.45) is 0 Å². The number of fused-ring (bicyclic) bond motifs is 1. The fourth-order valence-electron chi connectivity index (χ4n) is 2.91. The minimum absolute atomic E-state index is 0.0474. The Morgan fingerprint density at radius 2 is 1.97 bits per heavy atom. The number of amides is 1. The van der Waals surface area contributed by atoms with E-state index < -0.39 is 11.9 Å². The second kappa shape index (κ2) is 8.52. The molecule has 0 atom stereocenters. The van der Waals surface area contributed by atoms with Crippen molar-refractivity contribution >= 4 is 34.7 Å². The van der Waals surface area contributed by atoms with Crippen LogP contribution >= 0.6 is 11.3 Å². The number of esters is 1. The van der Waals surface area contributed by atoms with Gasteiger partial charge in [0.1, 0.15) is 10.6 Å². The highest BCUT2D eigenvalue weighted by molar-refractivity contribution is 7.18. The number of carbonyl (C=O) groups is 2. The Morgan fingerprint density at radius 1 is 1.19 bits per heavy atom. The molecule has 1 amide bonds. The molecule has 0 aliphatic carbocycles. The fourth-order valence-corrected chi connectivity index (χ4v) is 3.92. The van der Waals surface area contributed by atoms with Crippen molar-refractivity contribution in [3.05, 3.63) is 59.0 Å².